The first kappa shape index (κ1) is 18.6. The number of carbonyl (C=O) groups excluding carboxylic acids is 1. The number of benzene rings is 1. The van der Waals surface area contributed by atoms with Crippen LogP contribution in [0.4, 0.5) is 13.2 Å². The molecule has 3 heterocycles. The van der Waals surface area contributed by atoms with Gasteiger partial charge in [-0.25, -0.2) is 14.5 Å². The number of nitrogens with zero attached hydrogens (tertiary/aromatic N) is 4. The quantitative estimate of drug-likeness (QED) is 0.546. The van der Waals surface area contributed by atoms with Crippen LogP contribution in [0.15, 0.2) is 41.3 Å². The van der Waals surface area contributed by atoms with E-state index in [2.05, 4.69) is 20.4 Å². The molecule has 5 rings (SSSR count). The molecular weight excluding hydrogens is 399 g/mol. The minimum atomic E-state index is -4.51. The second kappa shape index (κ2) is 6.54. The maximum Gasteiger partial charge on any atom is 0.408 e. The average molecular weight is 415 g/mol. The van der Waals surface area contributed by atoms with Crippen molar-refractivity contribution in [2.45, 2.75) is 32.0 Å². The van der Waals surface area contributed by atoms with E-state index in [0.29, 0.717) is 46.4 Å². The first-order valence-electron chi connectivity index (χ1n) is 9.38. The van der Waals surface area contributed by atoms with Crippen LogP contribution in [0, 0.1) is 12.8 Å². The number of para-hydroxylation sites is 1. The highest BCUT2D eigenvalue weighted by Gasteiger charge is 2.49. The number of aryl methyl sites for hydroxylation is 1. The maximum atomic E-state index is 13.3. The molecule has 1 atom stereocenters. The van der Waals surface area contributed by atoms with Gasteiger partial charge in [-0.05, 0) is 49.4 Å². The summed E-state index contributed by atoms with van der Waals surface area (Å²) in [6, 6.07) is 5.29. The number of hydrogen-bond donors (Lipinski definition) is 1. The third-order valence-corrected chi connectivity index (χ3v) is 5.25. The Balaban J connectivity index is 1.57. The molecule has 1 aliphatic rings. The van der Waals surface area contributed by atoms with Gasteiger partial charge in [-0.2, -0.15) is 18.3 Å². The van der Waals surface area contributed by atoms with Gasteiger partial charge in [-0.1, -0.05) is 6.07 Å². The number of oxazole rings is 1. The zero-order valence-corrected chi connectivity index (χ0v) is 15.8. The molecule has 1 N–H and O–H groups in total. The molecule has 1 unspecified atom stereocenters. The third kappa shape index (κ3) is 3.08. The van der Waals surface area contributed by atoms with Gasteiger partial charge in [0.2, 0.25) is 0 Å². The lowest BCUT2D eigenvalue weighted by Gasteiger charge is -2.21. The Morgan fingerprint density at radius 1 is 1.30 bits per heavy atom. The van der Waals surface area contributed by atoms with Crippen LogP contribution in [0.2, 0.25) is 0 Å². The van der Waals surface area contributed by atoms with Crippen molar-refractivity contribution in [3.8, 4) is 11.3 Å². The van der Waals surface area contributed by atoms with Crippen LogP contribution in [0.5, 0.6) is 0 Å². The summed E-state index contributed by atoms with van der Waals surface area (Å²) in [5.41, 5.74) is 3.36. The van der Waals surface area contributed by atoms with Crippen molar-refractivity contribution in [2.24, 2.45) is 5.92 Å². The van der Waals surface area contributed by atoms with Crippen molar-refractivity contribution < 1.29 is 22.4 Å². The topological polar surface area (TPSA) is 85.3 Å². The molecule has 0 spiro atoms. The zero-order chi connectivity index (χ0) is 21.0. The number of nitrogens with one attached hydrogen (secondary N) is 1. The SMILES string of the molecule is Cc1cc(-c2cccc3ncoc23)nn2c(C(=O)NC(C3CC3)C(F)(F)F)cnc12. The average Bonchev–Trinajstić information content (AvgIpc) is 3.23. The molecule has 0 radical (unpaired) electrons. The number of hydrogen-bond acceptors (Lipinski definition) is 5. The van der Waals surface area contributed by atoms with Crippen LogP contribution in [-0.2, 0) is 0 Å². The van der Waals surface area contributed by atoms with Crippen molar-refractivity contribution >= 4 is 22.7 Å². The molecule has 10 heteroatoms. The summed E-state index contributed by atoms with van der Waals surface area (Å²) in [6.45, 7) is 1.79. The number of imidazole rings is 1. The number of rotatable bonds is 4. The normalized spacial score (nSPS) is 15.6. The summed E-state index contributed by atoms with van der Waals surface area (Å²) in [4.78, 5) is 21.0. The van der Waals surface area contributed by atoms with E-state index in [1.54, 1.807) is 31.2 Å². The summed E-state index contributed by atoms with van der Waals surface area (Å²) in [7, 11) is 0. The second-order valence-electron chi connectivity index (χ2n) is 7.43. The van der Waals surface area contributed by atoms with Gasteiger partial charge in [0, 0.05) is 5.56 Å². The first-order chi connectivity index (χ1) is 14.3. The number of fused-ring (bicyclic) bond motifs is 2. The highest BCUT2D eigenvalue weighted by Crippen LogP contribution is 2.40. The lowest BCUT2D eigenvalue weighted by atomic mass is 10.1. The molecule has 1 amide bonds. The lowest BCUT2D eigenvalue weighted by Crippen LogP contribution is -2.47. The third-order valence-electron chi connectivity index (χ3n) is 5.25. The van der Waals surface area contributed by atoms with Gasteiger partial charge in [0.05, 0.1) is 11.9 Å². The van der Waals surface area contributed by atoms with Crippen molar-refractivity contribution in [2.75, 3.05) is 0 Å². The zero-order valence-electron chi connectivity index (χ0n) is 15.8. The monoisotopic (exact) mass is 415 g/mol. The van der Waals surface area contributed by atoms with E-state index >= 15 is 0 Å². The van der Waals surface area contributed by atoms with E-state index in [1.807, 2.05) is 0 Å². The molecule has 1 aliphatic carbocycles. The van der Waals surface area contributed by atoms with Crippen LogP contribution in [0.1, 0.15) is 28.9 Å². The van der Waals surface area contributed by atoms with Crippen LogP contribution in [-0.4, -0.2) is 37.7 Å². The van der Waals surface area contributed by atoms with E-state index in [9.17, 15) is 18.0 Å². The molecule has 1 saturated carbocycles. The highest BCUT2D eigenvalue weighted by molar-refractivity contribution is 5.94. The Labute approximate surface area is 167 Å². The van der Waals surface area contributed by atoms with E-state index in [1.165, 1.54) is 17.1 Å². The number of alkyl halides is 3. The summed E-state index contributed by atoms with van der Waals surface area (Å²) < 4.78 is 46.7. The Kier molecular flexibility index (Phi) is 4.05. The van der Waals surface area contributed by atoms with Crippen LogP contribution in [0.3, 0.4) is 0 Å². The maximum absolute atomic E-state index is 13.3. The lowest BCUT2D eigenvalue weighted by molar-refractivity contribution is -0.158. The van der Waals surface area contributed by atoms with Gasteiger partial charge in [0.15, 0.2) is 23.3 Å². The minimum absolute atomic E-state index is 0.0606. The molecule has 1 fully saturated rings. The fourth-order valence-electron chi connectivity index (χ4n) is 3.61. The molecule has 0 aliphatic heterocycles. The fraction of sp³-hybridized carbons (Fsp3) is 0.300. The van der Waals surface area contributed by atoms with E-state index in [0.717, 1.165) is 0 Å². The van der Waals surface area contributed by atoms with Crippen molar-refractivity contribution in [1.29, 1.82) is 0 Å². The predicted octanol–water partition coefficient (Wildman–Crippen LogP) is 3.92. The van der Waals surface area contributed by atoms with Crippen LogP contribution >= 0.6 is 0 Å². The number of carbonyl (C=O) groups is 1. The number of halogens is 3. The summed E-state index contributed by atoms with van der Waals surface area (Å²) in [5, 5.41) is 6.60. The fourth-order valence-corrected chi connectivity index (χ4v) is 3.61. The Morgan fingerprint density at radius 2 is 2.10 bits per heavy atom. The van der Waals surface area contributed by atoms with Crippen molar-refractivity contribution in [1.82, 2.24) is 24.9 Å². The smallest absolute Gasteiger partial charge is 0.408 e. The molecular formula is C20H16F3N5O2. The van der Waals surface area contributed by atoms with E-state index in [-0.39, 0.29) is 5.69 Å². The van der Waals surface area contributed by atoms with Gasteiger partial charge >= 0.3 is 6.18 Å². The Bertz CT molecular complexity index is 1270. The molecule has 7 nitrogen and oxygen atoms in total. The number of aromatic nitrogens is 4. The number of amides is 1. The summed E-state index contributed by atoms with van der Waals surface area (Å²) >= 11 is 0. The minimum Gasteiger partial charge on any atom is -0.443 e. The van der Waals surface area contributed by atoms with Gasteiger partial charge in [-0.3, -0.25) is 4.79 Å². The molecule has 1 aromatic carbocycles. The van der Waals surface area contributed by atoms with Crippen LogP contribution in [0.25, 0.3) is 28.0 Å². The predicted molar refractivity (Wildman–Crippen MR) is 101 cm³/mol. The highest BCUT2D eigenvalue weighted by atomic mass is 19.4. The standard InChI is InChI=1S/C20H16F3N5O2/c1-10-7-14(12-3-2-4-13-16(12)30-9-25-13)27-28-15(8-24-18(10)28)19(29)26-17(11-5-6-11)20(21,22)23/h2-4,7-9,11,17H,5-6H2,1H3,(H,26,29). The van der Waals surface area contributed by atoms with E-state index in [4.69, 9.17) is 4.42 Å². The van der Waals surface area contributed by atoms with E-state index < -0.39 is 24.0 Å². The molecule has 154 valence electrons. The Morgan fingerprint density at radius 3 is 2.83 bits per heavy atom. The second-order valence-corrected chi connectivity index (χ2v) is 7.43. The van der Waals surface area contributed by atoms with Gasteiger partial charge < -0.3 is 9.73 Å². The molecule has 4 aromatic rings. The summed E-state index contributed by atoms with van der Waals surface area (Å²) in [5.74, 6) is -1.44. The molecule has 0 saturated heterocycles. The molecule has 0 bridgehead atoms. The van der Waals surface area contributed by atoms with Crippen molar-refractivity contribution in [3.63, 3.8) is 0 Å². The largest absolute Gasteiger partial charge is 0.443 e. The summed E-state index contributed by atoms with van der Waals surface area (Å²) in [6.07, 6.45) is -1.05. The molecule has 30 heavy (non-hydrogen) atoms. The van der Waals surface area contributed by atoms with Crippen LogP contribution < -0.4 is 5.32 Å². The van der Waals surface area contributed by atoms with Gasteiger partial charge in [0.1, 0.15) is 11.6 Å². The first-order valence-corrected chi connectivity index (χ1v) is 9.38. The Hall–Kier alpha value is -3.43. The van der Waals surface area contributed by atoms with Crippen molar-refractivity contribution in [3.05, 3.63) is 48.1 Å². The molecule has 3 aromatic heterocycles. The van der Waals surface area contributed by atoms with Gasteiger partial charge in [0.25, 0.3) is 5.91 Å². The van der Waals surface area contributed by atoms with Gasteiger partial charge in [-0.15, -0.1) is 0 Å².